The van der Waals surface area contributed by atoms with Crippen molar-refractivity contribution in [3.63, 3.8) is 0 Å². The van der Waals surface area contributed by atoms with Gasteiger partial charge >= 0.3 is 0 Å². The molecule has 1 N–H and O–H groups in total. The Morgan fingerprint density at radius 1 is 1.00 bits per heavy atom. The fourth-order valence-corrected chi connectivity index (χ4v) is 4.36. The van der Waals surface area contributed by atoms with Crippen LogP contribution >= 0.6 is 0 Å². The molecule has 1 amide bonds. The minimum absolute atomic E-state index is 0.425. The van der Waals surface area contributed by atoms with E-state index in [9.17, 15) is 4.79 Å². The standard InChI is InChI=1S/C16H28N2O/c19-16(12-14-8-3-4-10-17-14)18-11-5-9-15(18)13-6-1-2-7-13/h13-15,17H,1-12H2. The summed E-state index contributed by atoms with van der Waals surface area (Å²) in [4.78, 5) is 14.8. The summed E-state index contributed by atoms with van der Waals surface area (Å²) in [5.74, 6) is 1.24. The number of carbonyl (C=O) groups excluding carboxylic acids is 1. The van der Waals surface area contributed by atoms with Crippen molar-refractivity contribution in [3.8, 4) is 0 Å². The zero-order chi connectivity index (χ0) is 13.1. The zero-order valence-electron chi connectivity index (χ0n) is 12.1. The molecule has 0 aromatic heterocycles. The molecule has 108 valence electrons. The van der Waals surface area contributed by atoms with Crippen LogP contribution in [0.3, 0.4) is 0 Å². The van der Waals surface area contributed by atoms with Gasteiger partial charge in [-0.1, -0.05) is 19.3 Å². The topological polar surface area (TPSA) is 32.3 Å². The summed E-state index contributed by atoms with van der Waals surface area (Å²) in [6, 6.07) is 1.03. The molecule has 2 atom stereocenters. The molecule has 2 saturated heterocycles. The van der Waals surface area contributed by atoms with E-state index in [4.69, 9.17) is 0 Å². The first kappa shape index (κ1) is 13.4. The molecule has 0 bridgehead atoms. The average Bonchev–Trinajstić information content (AvgIpc) is 3.10. The molecule has 19 heavy (non-hydrogen) atoms. The third kappa shape index (κ3) is 3.13. The summed E-state index contributed by atoms with van der Waals surface area (Å²) in [6.45, 7) is 2.12. The minimum Gasteiger partial charge on any atom is -0.339 e. The second kappa shape index (κ2) is 6.25. The number of nitrogens with zero attached hydrogens (tertiary/aromatic N) is 1. The maximum absolute atomic E-state index is 12.6. The third-order valence-corrected chi connectivity index (χ3v) is 5.40. The number of piperidine rings is 1. The second-order valence-corrected chi connectivity index (χ2v) is 6.69. The van der Waals surface area contributed by atoms with Crippen molar-refractivity contribution in [1.29, 1.82) is 0 Å². The molecule has 1 saturated carbocycles. The Morgan fingerprint density at radius 2 is 1.79 bits per heavy atom. The highest BCUT2D eigenvalue weighted by Crippen LogP contribution is 2.35. The lowest BCUT2D eigenvalue weighted by Crippen LogP contribution is -2.44. The maximum atomic E-state index is 12.6. The number of nitrogens with one attached hydrogen (secondary N) is 1. The van der Waals surface area contributed by atoms with Crippen molar-refractivity contribution in [2.75, 3.05) is 13.1 Å². The molecule has 2 unspecified atom stereocenters. The van der Waals surface area contributed by atoms with Gasteiger partial charge < -0.3 is 10.2 Å². The predicted molar refractivity (Wildman–Crippen MR) is 77.0 cm³/mol. The SMILES string of the molecule is O=C(CC1CCCCN1)N1CCCC1C1CCCC1. The second-order valence-electron chi connectivity index (χ2n) is 6.69. The summed E-state index contributed by atoms with van der Waals surface area (Å²) < 4.78 is 0. The first-order valence-corrected chi connectivity index (χ1v) is 8.37. The van der Waals surface area contributed by atoms with Crippen LogP contribution in [0.15, 0.2) is 0 Å². The Bertz CT molecular complexity index is 306. The molecule has 0 aromatic carbocycles. The molecule has 0 radical (unpaired) electrons. The Balaban J connectivity index is 1.55. The average molecular weight is 264 g/mol. The van der Waals surface area contributed by atoms with E-state index >= 15 is 0 Å². The Morgan fingerprint density at radius 3 is 2.53 bits per heavy atom. The molecular formula is C16H28N2O. The Hall–Kier alpha value is -0.570. The lowest BCUT2D eigenvalue weighted by Gasteiger charge is -2.31. The fraction of sp³-hybridized carbons (Fsp3) is 0.938. The van der Waals surface area contributed by atoms with Gasteiger partial charge in [-0.05, 0) is 51.0 Å². The van der Waals surface area contributed by atoms with E-state index < -0.39 is 0 Å². The molecular weight excluding hydrogens is 236 g/mol. The zero-order valence-corrected chi connectivity index (χ0v) is 12.1. The molecule has 3 nitrogen and oxygen atoms in total. The van der Waals surface area contributed by atoms with E-state index in [0.717, 1.165) is 25.4 Å². The highest BCUT2D eigenvalue weighted by atomic mass is 16.2. The van der Waals surface area contributed by atoms with Gasteiger partial charge in [0.05, 0.1) is 0 Å². The van der Waals surface area contributed by atoms with Crippen LogP contribution in [0.1, 0.15) is 64.2 Å². The van der Waals surface area contributed by atoms with Crippen LogP contribution < -0.4 is 5.32 Å². The van der Waals surface area contributed by atoms with Gasteiger partial charge in [0.25, 0.3) is 0 Å². The normalized spacial score (nSPS) is 32.9. The van der Waals surface area contributed by atoms with Crippen LogP contribution in [0, 0.1) is 5.92 Å². The van der Waals surface area contributed by atoms with E-state index in [2.05, 4.69) is 10.2 Å². The van der Waals surface area contributed by atoms with Gasteiger partial charge in [-0.25, -0.2) is 0 Å². The Kier molecular flexibility index (Phi) is 4.42. The number of hydrogen-bond acceptors (Lipinski definition) is 2. The molecule has 3 fully saturated rings. The summed E-state index contributed by atoms with van der Waals surface area (Å²) in [5.41, 5.74) is 0. The number of amides is 1. The molecule has 3 aliphatic rings. The van der Waals surface area contributed by atoms with Gasteiger partial charge in [0.2, 0.25) is 5.91 Å². The molecule has 2 heterocycles. The van der Waals surface area contributed by atoms with E-state index in [1.807, 2.05) is 0 Å². The number of hydrogen-bond donors (Lipinski definition) is 1. The molecule has 2 aliphatic heterocycles. The van der Waals surface area contributed by atoms with Crippen molar-refractivity contribution in [3.05, 3.63) is 0 Å². The van der Waals surface area contributed by atoms with Crippen molar-refractivity contribution < 1.29 is 4.79 Å². The predicted octanol–water partition coefficient (Wildman–Crippen LogP) is 2.70. The van der Waals surface area contributed by atoms with E-state index in [1.165, 1.54) is 57.8 Å². The molecule has 0 spiro atoms. The smallest absolute Gasteiger partial charge is 0.224 e. The first-order valence-electron chi connectivity index (χ1n) is 8.37. The van der Waals surface area contributed by atoms with Crippen LogP contribution in [-0.2, 0) is 4.79 Å². The largest absolute Gasteiger partial charge is 0.339 e. The lowest BCUT2D eigenvalue weighted by molar-refractivity contribution is -0.133. The molecule has 3 heteroatoms. The first-order chi connectivity index (χ1) is 9.34. The summed E-state index contributed by atoms with van der Waals surface area (Å²) >= 11 is 0. The third-order valence-electron chi connectivity index (χ3n) is 5.40. The number of carbonyl (C=O) groups is 1. The van der Waals surface area contributed by atoms with Crippen molar-refractivity contribution in [1.82, 2.24) is 10.2 Å². The van der Waals surface area contributed by atoms with Gasteiger partial charge in [-0.15, -0.1) is 0 Å². The van der Waals surface area contributed by atoms with Crippen molar-refractivity contribution in [2.24, 2.45) is 5.92 Å². The molecule has 0 aromatic rings. The monoisotopic (exact) mass is 264 g/mol. The molecule has 3 rings (SSSR count). The summed E-state index contributed by atoms with van der Waals surface area (Å²) in [5, 5.41) is 3.51. The van der Waals surface area contributed by atoms with Crippen molar-refractivity contribution in [2.45, 2.75) is 76.3 Å². The van der Waals surface area contributed by atoms with Crippen LogP contribution in [-0.4, -0.2) is 36.0 Å². The fourth-order valence-electron chi connectivity index (χ4n) is 4.36. The lowest BCUT2D eigenvalue weighted by atomic mass is 9.95. The minimum atomic E-state index is 0.425. The van der Waals surface area contributed by atoms with Crippen molar-refractivity contribution >= 4 is 5.91 Å². The molecule has 1 aliphatic carbocycles. The summed E-state index contributed by atoms with van der Waals surface area (Å²) in [7, 11) is 0. The van der Waals surface area contributed by atoms with E-state index in [0.29, 0.717) is 18.0 Å². The van der Waals surface area contributed by atoms with E-state index in [-0.39, 0.29) is 0 Å². The maximum Gasteiger partial charge on any atom is 0.224 e. The van der Waals surface area contributed by atoms with Gasteiger partial charge in [-0.3, -0.25) is 4.79 Å². The van der Waals surface area contributed by atoms with Crippen LogP contribution in [0.25, 0.3) is 0 Å². The van der Waals surface area contributed by atoms with Crippen LogP contribution in [0.2, 0.25) is 0 Å². The number of rotatable bonds is 3. The van der Waals surface area contributed by atoms with Gasteiger partial charge in [0.15, 0.2) is 0 Å². The highest BCUT2D eigenvalue weighted by molar-refractivity contribution is 5.77. The van der Waals surface area contributed by atoms with Crippen LogP contribution in [0.5, 0.6) is 0 Å². The van der Waals surface area contributed by atoms with Gasteiger partial charge in [0, 0.05) is 25.0 Å². The Labute approximate surface area is 117 Å². The van der Waals surface area contributed by atoms with E-state index in [1.54, 1.807) is 0 Å². The highest BCUT2D eigenvalue weighted by Gasteiger charge is 2.36. The summed E-state index contributed by atoms with van der Waals surface area (Å²) in [6.07, 6.45) is 12.5. The number of likely N-dealkylation sites (tertiary alicyclic amines) is 1. The van der Waals surface area contributed by atoms with Gasteiger partial charge in [-0.2, -0.15) is 0 Å². The quantitative estimate of drug-likeness (QED) is 0.850. The van der Waals surface area contributed by atoms with Crippen LogP contribution in [0.4, 0.5) is 0 Å². The van der Waals surface area contributed by atoms with Gasteiger partial charge in [0.1, 0.15) is 0 Å².